The number of thiophene rings is 1. The number of pyridine rings is 1. The molecule has 3 heterocycles. The van der Waals surface area contributed by atoms with Crippen LogP contribution in [0.25, 0.3) is 42.9 Å². The molecule has 202 valence electrons. The second kappa shape index (κ2) is 9.43. The average molecular weight is 554 g/mol. The van der Waals surface area contributed by atoms with Crippen molar-refractivity contribution >= 4 is 32.5 Å². The molecule has 8 heteroatoms. The fourth-order valence-electron chi connectivity index (χ4n) is 5.01. The molecule has 0 unspecified atom stereocenters. The average Bonchev–Trinajstić information content (AvgIpc) is 3.53. The van der Waals surface area contributed by atoms with E-state index in [1.165, 1.54) is 23.5 Å². The van der Waals surface area contributed by atoms with Crippen molar-refractivity contribution in [2.75, 3.05) is 0 Å². The van der Waals surface area contributed by atoms with Gasteiger partial charge in [0.05, 0.1) is 21.5 Å². The van der Waals surface area contributed by atoms with Crippen LogP contribution in [0.15, 0.2) is 71.7 Å². The molecule has 0 spiro atoms. The van der Waals surface area contributed by atoms with Gasteiger partial charge in [-0.05, 0) is 86.8 Å². The molecule has 3 aromatic heterocycles. The normalized spacial score (nSPS) is 12.0. The van der Waals surface area contributed by atoms with Crippen LogP contribution in [0, 0.1) is 19.7 Å². The third kappa shape index (κ3) is 4.49. The third-order valence-electron chi connectivity index (χ3n) is 7.10. The number of imidazole rings is 1. The third-order valence-corrected chi connectivity index (χ3v) is 8.23. The van der Waals surface area contributed by atoms with Gasteiger partial charge >= 0.3 is 0 Å². The Morgan fingerprint density at radius 3 is 2.45 bits per heavy atom. The SMILES string of the molecule is Cc1cc(F)cc(C)c1Oc1ccc(C(C)(C)O)cc1-c1cn(C)c(=O)c2sc(-c3nc4ccccc4[nH]3)cc12. The van der Waals surface area contributed by atoms with E-state index in [-0.39, 0.29) is 11.4 Å². The number of fused-ring (bicyclic) bond motifs is 2. The number of rotatable bonds is 5. The first-order valence-corrected chi connectivity index (χ1v) is 13.7. The lowest BCUT2D eigenvalue weighted by atomic mass is 9.93. The van der Waals surface area contributed by atoms with Gasteiger partial charge in [0.15, 0.2) is 0 Å². The first kappa shape index (κ1) is 26.0. The highest BCUT2D eigenvalue weighted by Gasteiger charge is 2.23. The molecular formula is C32H28FN3O3S. The van der Waals surface area contributed by atoms with E-state index >= 15 is 0 Å². The summed E-state index contributed by atoms with van der Waals surface area (Å²) in [7, 11) is 1.72. The van der Waals surface area contributed by atoms with Crippen LogP contribution in [0.5, 0.6) is 11.5 Å². The van der Waals surface area contributed by atoms with E-state index < -0.39 is 5.60 Å². The maximum absolute atomic E-state index is 14.0. The van der Waals surface area contributed by atoms with Crippen LogP contribution in [0.3, 0.4) is 0 Å². The topological polar surface area (TPSA) is 80.1 Å². The molecule has 0 saturated carbocycles. The van der Waals surface area contributed by atoms with Gasteiger partial charge in [0, 0.05) is 29.8 Å². The summed E-state index contributed by atoms with van der Waals surface area (Å²) in [4.78, 5) is 22.2. The molecule has 6 rings (SSSR count). The quantitative estimate of drug-likeness (QED) is 0.231. The van der Waals surface area contributed by atoms with Crippen molar-refractivity contribution in [3.05, 3.63) is 99.7 Å². The minimum absolute atomic E-state index is 0.113. The molecule has 40 heavy (non-hydrogen) atoms. The van der Waals surface area contributed by atoms with Crippen LogP contribution < -0.4 is 10.3 Å². The highest BCUT2D eigenvalue weighted by molar-refractivity contribution is 7.22. The largest absolute Gasteiger partial charge is 0.456 e. The molecule has 0 bridgehead atoms. The summed E-state index contributed by atoms with van der Waals surface area (Å²) in [6.45, 7) is 7.06. The Balaban J connectivity index is 1.59. The number of hydrogen-bond acceptors (Lipinski definition) is 5. The summed E-state index contributed by atoms with van der Waals surface area (Å²) in [5.41, 5.74) is 4.05. The molecule has 0 aliphatic heterocycles. The Bertz CT molecular complexity index is 1940. The highest BCUT2D eigenvalue weighted by Crippen LogP contribution is 2.43. The number of halogens is 1. The number of aryl methyl sites for hydroxylation is 3. The second-order valence-corrected chi connectivity index (χ2v) is 11.7. The van der Waals surface area contributed by atoms with Crippen LogP contribution in [0.4, 0.5) is 4.39 Å². The van der Waals surface area contributed by atoms with Gasteiger partial charge in [-0.2, -0.15) is 0 Å². The summed E-state index contributed by atoms with van der Waals surface area (Å²) in [6, 6.07) is 18.2. The number of aromatic amines is 1. The lowest BCUT2D eigenvalue weighted by Gasteiger charge is -2.22. The molecule has 0 aliphatic rings. The lowest BCUT2D eigenvalue weighted by molar-refractivity contribution is 0.0786. The van der Waals surface area contributed by atoms with E-state index in [1.54, 1.807) is 45.5 Å². The molecule has 2 N–H and O–H groups in total. The van der Waals surface area contributed by atoms with Gasteiger partial charge in [0.2, 0.25) is 0 Å². The molecule has 0 radical (unpaired) electrons. The van der Waals surface area contributed by atoms with Crippen LogP contribution in [-0.4, -0.2) is 19.6 Å². The predicted octanol–water partition coefficient (Wildman–Crippen LogP) is 7.59. The minimum atomic E-state index is -1.11. The maximum Gasteiger partial charge on any atom is 0.268 e. The number of ether oxygens (including phenoxy) is 1. The molecule has 0 fully saturated rings. The van der Waals surface area contributed by atoms with E-state index in [9.17, 15) is 14.3 Å². The Morgan fingerprint density at radius 1 is 1.02 bits per heavy atom. The van der Waals surface area contributed by atoms with Gasteiger partial charge in [0.25, 0.3) is 5.56 Å². The first-order valence-electron chi connectivity index (χ1n) is 12.9. The summed E-state index contributed by atoms with van der Waals surface area (Å²) < 4.78 is 22.6. The van der Waals surface area contributed by atoms with Gasteiger partial charge in [-0.3, -0.25) is 4.79 Å². The molecule has 0 aliphatic carbocycles. The molecule has 0 saturated heterocycles. The van der Waals surface area contributed by atoms with E-state index in [4.69, 9.17) is 9.72 Å². The second-order valence-electron chi connectivity index (χ2n) is 10.7. The number of para-hydroxylation sites is 2. The summed E-state index contributed by atoms with van der Waals surface area (Å²) >= 11 is 1.38. The zero-order valence-electron chi connectivity index (χ0n) is 22.8. The number of nitrogens with zero attached hydrogens (tertiary/aromatic N) is 2. The highest BCUT2D eigenvalue weighted by atomic mass is 32.1. The predicted molar refractivity (Wildman–Crippen MR) is 159 cm³/mol. The zero-order valence-corrected chi connectivity index (χ0v) is 23.6. The molecule has 6 aromatic rings. The smallest absolute Gasteiger partial charge is 0.268 e. The minimum Gasteiger partial charge on any atom is -0.456 e. The molecular weight excluding hydrogens is 525 g/mol. The van der Waals surface area contributed by atoms with E-state index in [2.05, 4.69) is 4.98 Å². The Labute approximate surface area is 234 Å². The van der Waals surface area contributed by atoms with Crippen molar-refractivity contribution in [1.29, 1.82) is 0 Å². The molecule has 3 aromatic carbocycles. The van der Waals surface area contributed by atoms with Crippen LogP contribution in [-0.2, 0) is 12.6 Å². The van der Waals surface area contributed by atoms with Gasteiger partial charge in [0.1, 0.15) is 27.8 Å². The summed E-state index contributed by atoms with van der Waals surface area (Å²) in [5.74, 6) is 1.46. The van der Waals surface area contributed by atoms with Crippen LogP contribution in [0.1, 0.15) is 30.5 Å². The van der Waals surface area contributed by atoms with E-state index in [0.29, 0.717) is 44.3 Å². The van der Waals surface area contributed by atoms with E-state index in [1.807, 2.05) is 48.5 Å². The van der Waals surface area contributed by atoms with Crippen LogP contribution in [0.2, 0.25) is 0 Å². The van der Waals surface area contributed by atoms with E-state index in [0.717, 1.165) is 26.9 Å². The monoisotopic (exact) mass is 553 g/mol. The maximum atomic E-state index is 14.0. The molecule has 6 nitrogen and oxygen atoms in total. The van der Waals surface area contributed by atoms with Crippen molar-refractivity contribution in [2.24, 2.45) is 7.05 Å². The molecule has 0 atom stereocenters. The number of hydrogen-bond donors (Lipinski definition) is 2. The van der Waals surface area contributed by atoms with Crippen molar-refractivity contribution in [2.45, 2.75) is 33.3 Å². The number of H-pyrrole nitrogens is 1. The number of nitrogens with one attached hydrogen (secondary N) is 1. The summed E-state index contributed by atoms with van der Waals surface area (Å²) in [6.07, 6.45) is 1.79. The summed E-state index contributed by atoms with van der Waals surface area (Å²) in [5, 5.41) is 11.6. The van der Waals surface area contributed by atoms with Crippen molar-refractivity contribution in [3.8, 4) is 33.3 Å². The standard InChI is InChI=1S/C32H28FN3O3S/c1-17-12-20(33)13-18(2)28(17)39-26-11-10-19(32(3,4)38)14-21(26)23-16-36(5)31(37)29-22(23)15-27(40-29)30-34-24-8-6-7-9-25(24)35-30/h6-16,38H,1-5H3,(H,34,35). The first-order chi connectivity index (χ1) is 19.0. The van der Waals surface area contributed by atoms with Gasteiger partial charge in [-0.25, -0.2) is 9.37 Å². The van der Waals surface area contributed by atoms with Crippen molar-refractivity contribution < 1.29 is 14.2 Å². The Hall–Kier alpha value is -4.27. The molecule has 0 amide bonds. The lowest BCUT2D eigenvalue weighted by Crippen LogP contribution is -2.16. The fourth-order valence-corrected chi connectivity index (χ4v) is 6.11. The van der Waals surface area contributed by atoms with Gasteiger partial charge in [-0.1, -0.05) is 18.2 Å². The van der Waals surface area contributed by atoms with Crippen molar-refractivity contribution in [1.82, 2.24) is 14.5 Å². The zero-order chi connectivity index (χ0) is 28.3. The van der Waals surface area contributed by atoms with Gasteiger partial charge in [-0.15, -0.1) is 11.3 Å². The van der Waals surface area contributed by atoms with Crippen molar-refractivity contribution in [3.63, 3.8) is 0 Å². The Kier molecular flexibility index (Phi) is 6.12. The fraction of sp³-hybridized carbons (Fsp3) is 0.188. The number of benzene rings is 3. The number of aromatic nitrogens is 3. The Morgan fingerprint density at radius 2 is 1.75 bits per heavy atom. The number of aliphatic hydroxyl groups is 1. The van der Waals surface area contributed by atoms with Crippen LogP contribution >= 0.6 is 11.3 Å². The van der Waals surface area contributed by atoms with Gasteiger partial charge < -0.3 is 19.4 Å².